The molecular formula is C21H26N2O2. The lowest BCUT2D eigenvalue weighted by Crippen LogP contribution is -2.67. The normalized spacial score (nSPS) is 36.2. The van der Waals surface area contributed by atoms with Crippen molar-refractivity contribution in [3.8, 4) is 0 Å². The predicted octanol–water partition coefficient (Wildman–Crippen LogP) is 3.48. The van der Waals surface area contributed by atoms with Crippen molar-refractivity contribution < 1.29 is 9.90 Å². The summed E-state index contributed by atoms with van der Waals surface area (Å²) in [7, 11) is 0. The largest absolute Gasteiger partial charge is 0.480 e. The maximum atomic E-state index is 12.8. The van der Waals surface area contributed by atoms with Gasteiger partial charge < -0.3 is 10.1 Å². The monoisotopic (exact) mass is 338 g/mol. The molecule has 4 aliphatic rings. The van der Waals surface area contributed by atoms with E-state index >= 15 is 0 Å². The Hall–Kier alpha value is -1.81. The zero-order valence-electron chi connectivity index (χ0n) is 15.0. The number of nitrogens with one attached hydrogen (secondary N) is 1. The van der Waals surface area contributed by atoms with E-state index in [0.29, 0.717) is 11.8 Å². The highest BCUT2D eigenvalue weighted by atomic mass is 16.4. The van der Waals surface area contributed by atoms with Crippen LogP contribution in [-0.4, -0.2) is 40.1 Å². The highest BCUT2D eigenvalue weighted by Crippen LogP contribution is 2.55. The summed E-state index contributed by atoms with van der Waals surface area (Å²) < 4.78 is 0. The number of hydrogen-bond acceptors (Lipinski definition) is 2. The van der Waals surface area contributed by atoms with E-state index in [2.05, 4.69) is 41.9 Å². The molecule has 0 spiro atoms. The third-order valence-corrected chi connectivity index (χ3v) is 7.15. The molecule has 4 heterocycles. The Morgan fingerprint density at radius 3 is 3.04 bits per heavy atom. The third kappa shape index (κ3) is 1.89. The summed E-state index contributed by atoms with van der Waals surface area (Å²) in [6, 6.07) is 6.58. The second-order valence-electron chi connectivity index (χ2n) is 8.47. The Morgan fingerprint density at radius 1 is 1.44 bits per heavy atom. The molecule has 1 aromatic carbocycles. The lowest BCUT2D eigenvalue weighted by Gasteiger charge is -2.57. The molecule has 6 rings (SSSR count). The van der Waals surface area contributed by atoms with E-state index in [1.165, 1.54) is 22.9 Å². The van der Waals surface area contributed by atoms with Gasteiger partial charge in [-0.25, -0.2) is 0 Å². The standard InChI is InChI=1S/C21H26N2O2/c1-3-14-9-13-10-21(20(24)25)18-15(6-7-23(11-13)19(14)21)16-8-12(2)4-5-17(16)22-18/h4-5,8,13-14,19,22H,3,6-7,9-11H2,1-2H3,(H,24,25)/t13?,14-,19?,21-/m0/s1. The molecule has 3 fully saturated rings. The fraction of sp³-hybridized carbons (Fsp3) is 0.571. The molecule has 4 nitrogen and oxygen atoms in total. The summed E-state index contributed by atoms with van der Waals surface area (Å²) in [6.45, 7) is 6.40. The van der Waals surface area contributed by atoms with Gasteiger partial charge in [0.15, 0.2) is 0 Å². The average Bonchev–Trinajstić information content (AvgIpc) is 2.92. The molecule has 5 atom stereocenters. The molecule has 25 heavy (non-hydrogen) atoms. The summed E-state index contributed by atoms with van der Waals surface area (Å²) in [6.07, 6.45) is 4.01. The van der Waals surface area contributed by atoms with E-state index in [1.807, 2.05) is 0 Å². The van der Waals surface area contributed by atoms with E-state index in [1.54, 1.807) is 0 Å². The summed E-state index contributed by atoms with van der Waals surface area (Å²) in [5, 5.41) is 11.7. The molecule has 3 unspecified atom stereocenters. The SMILES string of the molecule is CC[C@H]1CC2CN3CCc4c([nH]c5ccc(C)cc45)[C@@](C(=O)O)(C2)C13. The van der Waals surface area contributed by atoms with E-state index < -0.39 is 11.4 Å². The first-order valence-electron chi connectivity index (χ1n) is 9.63. The van der Waals surface area contributed by atoms with Crippen molar-refractivity contribution in [3.05, 3.63) is 35.0 Å². The van der Waals surface area contributed by atoms with Crippen molar-refractivity contribution in [2.24, 2.45) is 11.8 Å². The predicted molar refractivity (Wildman–Crippen MR) is 97.9 cm³/mol. The van der Waals surface area contributed by atoms with Crippen molar-refractivity contribution in [2.45, 2.75) is 51.0 Å². The van der Waals surface area contributed by atoms with Crippen LogP contribution in [0, 0.1) is 18.8 Å². The fourth-order valence-electron chi connectivity index (χ4n) is 6.26. The summed E-state index contributed by atoms with van der Waals surface area (Å²) in [4.78, 5) is 18.8. The van der Waals surface area contributed by atoms with Gasteiger partial charge in [0.25, 0.3) is 0 Å². The zero-order valence-corrected chi connectivity index (χ0v) is 15.0. The Kier molecular flexibility index (Phi) is 3.15. The van der Waals surface area contributed by atoms with Crippen molar-refractivity contribution in [1.82, 2.24) is 9.88 Å². The van der Waals surface area contributed by atoms with Gasteiger partial charge in [0.1, 0.15) is 5.41 Å². The number of rotatable bonds is 2. The number of aromatic nitrogens is 1. The van der Waals surface area contributed by atoms with Gasteiger partial charge in [-0.1, -0.05) is 25.0 Å². The quantitative estimate of drug-likeness (QED) is 0.881. The van der Waals surface area contributed by atoms with Gasteiger partial charge in [-0.3, -0.25) is 9.69 Å². The Balaban J connectivity index is 1.81. The molecule has 132 valence electrons. The average molecular weight is 338 g/mol. The molecule has 2 N–H and O–H groups in total. The molecule has 1 saturated carbocycles. The van der Waals surface area contributed by atoms with Gasteiger partial charge in [-0.05, 0) is 55.7 Å². The first-order chi connectivity index (χ1) is 12.0. The topological polar surface area (TPSA) is 56.3 Å². The molecule has 1 aromatic heterocycles. The van der Waals surface area contributed by atoms with Crippen LogP contribution in [0.1, 0.15) is 43.0 Å². The van der Waals surface area contributed by atoms with Crippen molar-refractivity contribution in [1.29, 1.82) is 0 Å². The minimum atomic E-state index is -0.763. The number of H-pyrrole nitrogens is 1. The van der Waals surface area contributed by atoms with E-state index in [0.717, 1.165) is 43.6 Å². The maximum absolute atomic E-state index is 12.8. The lowest BCUT2D eigenvalue weighted by atomic mass is 9.56. The van der Waals surface area contributed by atoms with Crippen LogP contribution in [0.25, 0.3) is 10.9 Å². The van der Waals surface area contributed by atoms with Crippen LogP contribution in [0.2, 0.25) is 0 Å². The number of carboxylic acids is 1. The second-order valence-corrected chi connectivity index (χ2v) is 8.47. The number of benzene rings is 1. The van der Waals surface area contributed by atoms with Gasteiger partial charge in [0.05, 0.1) is 0 Å². The molecule has 4 heteroatoms. The van der Waals surface area contributed by atoms with Crippen LogP contribution >= 0.6 is 0 Å². The van der Waals surface area contributed by atoms with Crippen molar-refractivity contribution >= 4 is 16.9 Å². The van der Waals surface area contributed by atoms with Gasteiger partial charge in [0, 0.05) is 35.7 Å². The zero-order chi connectivity index (χ0) is 17.3. The number of aryl methyl sites for hydroxylation is 1. The molecule has 4 bridgehead atoms. The third-order valence-electron chi connectivity index (χ3n) is 7.15. The van der Waals surface area contributed by atoms with Crippen molar-refractivity contribution in [3.63, 3.8) is 0 Å². The Morgan fingerprint density at radius 2 is 2.28 bits per heavy atom. The molecule has 1 aliphatic carbocycles. The molecular weight excluding hydrogens is 312 g/mol. The van der Waals surface area contributed by atoms with Crippen LogP contribution in [0.3, 0.4) is 0 Å². The van der Waals surface area contributed by atoms with E-state index in [9.17, 15) is 9.90 Å². The van der Waals surface area contributed by atoms with Crippen LogP contribution in [0.4, 0.5) is 0 Å². The second kappa shape index (κ2) is 5.10. The number of carboxylic acid groups (broad SMARTS) is 1. The number of carbonyl (C=O) groups is 1. The molecule has 0 radical (unpaired) electrons. The molecule has 0 amide bonds. The van der Waals surface area contributed by atoms with Crippen LogP contribution in [0.15, 0.2) is 18.2 Å². The highest BCUT2D eigenvalue weighted by Gasteiger charge is 2.62. The van der Waals surface area contributed by atoms with Gasteiger partial charge in [0.2, 0.25) is 0 Å². The van der Waals surface area contributed by atoms with Crippen LogP contribution in [-0.2, 0) is 16.6 Å². The van der Waals surface area contributed by atoms with Crippen molar-refractivity contribution in [2.75, 3.05) is 13.1 Å². The fourth-order valence-corrected chi connectivity index (χ4v) is 6.26. The first-order valence-corrected chi connectivity index (χ1v) is 9.63. The Labute approximate surface area is 148 Å². The van der Waals surface area contributed by atoms with Gasteiger partial charge >= 0.3 is 5.97 Å². The van der Waals surface area contributed by atoms with E-state index in [-0.39, 0.29) is 6.04 Å². The number of aromatic amines is 1. The number of nitrogens with zero attached hydrogens (tertiary/aromatic N) is 1. The minimum Gasteiger partial charge on any atom is -0.480 e. The number of hydrogen-bond donors (Lipinski definition) is 2. The molecule has 2 aromatic rings. The summed E-state index contributed by atoms with van der Waals surface area (Å²) in [5.41, 5.74) is 3.83. The summed E-state index contributed by atoms with van der Waals surface area (Å²) >= 11 is 0. The van der Waals surface area contributed by atoms with Gasteiger partial charge in [-0.15, -0.1) is 0 Å². The smallest absolute Gasteiger partial charge is 0.317 e. The van der Waals surface area contributed by atoms with E-state index in [4.69, 9.17) is 0 Å². The lowest BCUT2D eigenvalue weighted by molar-refractivity contribution is -0.158. The number of piperidine rings is 2. The first kappa shape index (κ1) is 15.4. The molecule has 3 aliphatic heterocycles. The number of aliphatic carboxylic acids is 1. The summed E-state index contributed by atoms with van der Waals surface area (Å²) in [5.74, 6) is 0.365. The van der Waals surface area contributed by atoms with Crippen LogP contribution in [0.5, 0.6) is 0 Å². The molecule has 2 saturated heterocycles. The highest BCUT2D eigenvalue weighted by molar-refractivity contribution is 5.91. The van der Waals surface area contributed by atoms with Gasteiger partial charge in [-0.2, -0.15) is 0 Å². The minimum absolute atomic E-state index is 0.135. The van der Waals surface area contributed by atoms with Crippen LogP contribution < -0.4 is 0 Å². The number of fused-ring (bicyclic) bond motifs is 4. The maximum Gasteiger partial charge on any atom is 0.317 e. The Bertz CT molecular complexity index is 870.